The monoisotopic (exact) mass is 354 g/mol. The van der Waals surface area contributed by atoms with Gasteiger partial charge in [-0.15, -0.1) is 11.3 Å². The lowest BCUT2D eigenvalue weighted by atomic mass is 10.0. The lowest BCUT2D eigenvalue weighted by Crippen LogP contribution is -2.39. The molecule has 4 rings (SSSR count). The van der Waals surface area contributed by atoms with Crippen LogP contribution in [0.4, 0.5) is 9.18 Å². The largest absolute Gasteiger partial charge is 0.334 e. The van der Waals surface area contributed by atoms with Gasteiger partial charge in [-0.25, -0.2) is 9.18 Å². The molecule has 3 aromatic rings. The summed E-state index contributed by atoms with van der Waals surface area (Å²) in [6, 6.07) is 14.6. The van der Waals surface area contributed by atoms with Crippen molar-refractivity contribution in [3.8, 4) is 0 Å². The maximum Gasteiger partial charge on any atom is 0.318 e. The van der Waals surface area contributed by atoms with E-state index in [0.717, 1.165) is 24.0 Å². The molecular weight excluding hydrogens is 335 g/mol. The number of benzene rings is 2. The van der Waals surface area contributed by atoms with Crippen LogP contribution in [-0.2, 0) is 6.54 Å². The zero-order valence-electron chi connectivity index (χ0n) is 13.7. The van der Waals surface area contributed by atoms with Gasteiger partial charge in [0.15, 0.2) is 0 Å². The predicted molar refractivity (Wildman–Crippen MR) is 99.1 cm³/mol. The Bertz CT molecular complexity index is 907. The highest BCUT2D eigenvalue weighted by molar-refractivity contribution is 7.17. The number of nitrogens with zero attached hydrogens (tertiary/aromatic N) is 1. The third-order valence-electron chi connectivity index (χ3n) is 4.74. The number of hydrogen-bond donors (Lipinski definition) is 1. The smallest absolute Gasteiger partial charge is 0.318 e. The molecule has 2 heterocycles. The number of rotatable bonds is 3. The molecule has 0 bridgehead atoms. The normalized spacial score (nSPS) is 17.2. The van der Waals surface area contributed by atoms with E-state index >= 15 is 0 Å². The van der Waals surface area contributed by atoms with Crippen LogP contribution in [0, 0.1) is 5.82 Å². The molecule has 2 aromatic carbocycles. The van der Waals surface area contributed by atoms with Crippen molar-refractivity contribution in [1.29, 1.82) is 0 Å². The number of carbonyl (C=O) groups excluding carboxylic acids is 1. The summed E-state index contributed by atoms with van der Waals surface area (Å²) in [7, 11) is 0. The van der Waals surface area contributed by atoms with Crippen molar-refractivity contribution in [3.63, 3.8) is 0 Å². The van der Waals surface area contributed by atoms with Crippen LogP contribution in [0.1, 0.15) is 30.0 Å². The number of fused-ring (bicyclic) bond motifs is 1. The third-order valence-corrected chi connectivity index (χ3v) is 5.75. The van der Waals surface area contributed by atoms with Crippen LogP contribution in [0.2, 0.25) is 0 Å². The Labute approximate surface area is 150 Å². The molecule has 1 fully saturated rings. The minimum absolute atomic E-state index is 0.0464. The van der Waals surface area contributed by atoms with Gasteiger partial charge in [0.25, 0.3) is 0 Å². The molecule has 1 aliphatic rings. The van der Waals surface area contributed by atoms with Crippen LogP contribution in [0.5, 0.6) is 0 Å². The van der Waals surface area contributed by atoms with E-state index in [1.807, 2.05) is 23.1 Å². The van der Waals surface area contributed by atoms with E-state index in [-0.39, 0.29) is 17.9 Å². The first kappa shape index (κ1) is 16.1. The average molecular weight is 354 g/mol. The van der Waals surface area contributed by atoms with Crippen LogP contribution < -0.4 is 5.32 Å². The Kier molecular flexibility index (Phi) is 4.40. The van der Waals surface area contributed by atoms with Crippen LogP contribution in [0.15, 0.2) is 53.9 Å². The predicted octanol–water partition coefficient (Wildman–Crippen LogP) is 5.09. The zero-order chi connectivity index (χ0) is 17.2. The van der Waals surface area contributed by atoms with Crippen LogP contribution >= 0.6 is 11.3 Å². The first-order valence-electron chi connectivity index (χ1n) is 8.47. The molecule has 1 saturated heterocycles. The van der Waals surface area contributed by atoms with Crippen molar-refractivity contribution >= 4 is 27.5 Å². The lowest BCUT2D eigenvalue weighted by Gasteiger charge is -2.25. The summed E-state index contributed by atoms with van der Waals surface area (Å²) in [5, 5.41) is 6.32. The summed E-state index contributed by atoms with van der Waals surface area (Å²) in [5.41, 5.74) is 2.00. The van der Waals surface area contributed by atoms with Gasteiger partial charge >= 0.3 is 6.03 Å². The van der Waals surface area contributed by atoms with Crippen molar-refractivity contribution in [2.24, 2.45) is 0 Å². The summed E-state index contributed by atoms with van der Waals surface area (Å²) < 4.78 is 14.7. The second-order valence-corrected chi connectivity index (χ2v) is 7.23. The number of nitrogens with one attached hydrogen (secondary N) is 1. The molecule has 1 N–H and O–H groups in total. The fraction of sp³-hybridized carbons (Fsp3) is 0.250. The van der Waals surface area contributed by atoms with E-state index in [9.17, 15) is 9.18 Å². The molecular formula is C20H19FN2OS. The van der Waals surface area contributed by atoms with Gasteiger partial charge in [0.2, 0.25) is 0 Å². The minimum Gasteiger partial charge on any atom is -0.334 e. The lowest BCUT2D eigenvalue weighted by molar-refractivity contribution is 0.192. The fourth-order valence-corrected chi connectivity index (χ4v) is 4.48. The molecule has 0 aliphatic carbocycles. The zero-order valence-corrected chi connectivity index (χ0v) is 14.6. The average Bonchev–Trinajstić information content (AvgIpc) is 3.27. The van der Waals surface area contributed by atoms with E-state index in [2.05, 4.69) is 22.8 Å². The summed E-state index contributed by atoms with van der Waals surface area (Å²) >= 11 is 1.69. The van der Waals surface area contributed by atoms with Crippen LogP contribution in [0.3, 0.4) is 0 Å². The molecule has 25 heavy (non-hydrogen) atoms. The van der Waals surface area contributed by atoms with Crippen LogP contribution in [0.25, 0.3) is 10.1 Å². The summed E-state index contributed by atoms with van der Waals surface area (Å²) in [5.74, 6) is -0.255. The summed E-state index contributed by atoms with van der Waals surface area (Å²) in [4.78, 5) is 14.5. The second-order valence-electron chi connectivity index (χ2n) is 6.32. The van der Waals surface area contributed by atoms with Crippen LogP contribution in [-0.4, -0.2) is 17.5 Å². The summed E-state index contributed by atoms with van der Waals surface area (Å²) in [6.45, 7) is 1.21. The summed E-state index contributed by atoms with van der Waals surface area (Å²) in [6.07, 6.45) is 1.81. The maximum absolute atomic E-state index is 13.5. The van der Waals surface area contributed by atoms with E-state index in [1.165, 1.54) is 22.2 Å². The van der Waals surface area contributed by atoms with Gasteiger partial charge in [0, 0.05) is 17.8 Å². The number of carbonyl (C=O) groups is 1. The molecule has 5 heteroatoms. The fourth-order valence-electron chi connectivity index (χ4n) is 3.51. The molecule has 0 saturated carbocycles. The number of likely N-dealkylation sites (tertiary alicyclic amines) is 1. The highest BCUT2D eigenvalue weighted by Gasteiger charge is 2.30. The van der Waals surface area contributed by atoms with Crippen molar-refractivity contribution in [3.05, 3.63) is 70.9 Å². The Balaban J connectivity index is 1.47. The van der Waals surface area contributed by atoms with E-state index in [0.29, 0.717) is 13.1 Å². The molecule has 0 unspecified atom stereocenters. The minimum atomic E-state index is -0.255. The number of urea groups is 1. The Hall–Kier alpha value is -2.40. The molecule has 2 amide bonds. The van der Waals surface area contributed by atoms with Gasteiger partial charge in [-0.1, -0.05) is 30.3 Å². The Morgan fingerprint density at radius 1 is 1.24 bits per heavy atom. The quantitative estimate of drug-likeness (QED) is 0.698. The number of amides is 2. The topological polar surface area (TPSA) is 32.3 Å². The Morgan fingerprint density at radius 2 is 2.12 bits per heavy atom. The van der Waals surface area contributed by atoms with Gasteiger partial charge in [0.05, 0.1) is 6.04 Å². The molecule has 1 aliphatic heterocycles. The van der Waals surface area contributed by atoms with Gasteiger partial charge in [-0.2, -0.15) is 0 Å². The molecule has 1 aromatic heterocycles. The number of thiophene rings is 1. The van der Waals surface area contributed by atoms with Crippen molar-refractivity contribution in [1.82, 2.24) is 10.2 Å². The highest BCUT2D eigenvalue weighted by Crippen LogP contribution is 2.32. The van der Waals surface area contributed by atoms with E-state index in [4.69, 9.17) is 0 Å². The second kappa shape index (κ2) is 6.84. The Morgan fingerprint density at radius 3 is 3.00 bits per heavy atom. The van der Waals surface area contributed by atoms with Crippen molar-refractivity contribution < 1.29 is 9.18 Å². The van der Waals surface area contributed by atoms with Crippen molar-refractivity contribution in [2.75, 3.05) is 6.54 Å². The molecule has 0 spiro atoms. The molecule has 0 radical (unpaired) electrons. The highest BCUT2D eigenvalue weighted by atomic mass is 32.1. The standard InChI is InChI=1S/C20H19FN2OS/c21-16-6-3-5-14(11-16)18-8-4-10-23(18)20(24)22-12-15-13-25-19-9-2-1-7-17(15)19/h1-3,5-7,9,11,13,18H,4,8,10,12H2,(H,22,24)/t18-/m0/s1. The maximum atomic E-state index is 13.5. The van der Waals surface area contributed by atoms with E-state index < -0.39 is 0 Å². The SMILES string of the molecule is O=C(NCc1csc2ccccc12)N1CCC[C@H]1c1cccc(F)c1. The third kappa shape index (κ3) is 3.24. The molecule has 1 atom stereocenters. The molecule has 3 nitrogen and oxygen atoms in total. The van der Waals surface area contributed by atoms with Gasteiger partial charge < -0.3 is 10.2 Å². The first-order valence-corrected chi connectivity index (χ1v) is 9.35. The van der Waals surface area contributed by atoms with Gasteiger partial charge in [-0.3, -0.25) is 0 Å². The van der Waals surface area contributed by atoms with Gasteiger partial charge in [0.1, 0.15) is 5.82 Å². The van der Waals surface area contributed by atoms with Crippen molar-refractivity contribution in [2.45, 2.75) is 25.4 Å². The first-order chi connectivity index (χ1) is 12.2. The number of hydrogen-bond acceptors (Lipinski definition) is 2. The molecule has 128 valence electrons. The number of halogens is 1. The van der Waals surface area contributed by atoms with E-state index in [1.54, 1.807) is 17.4 Å². The van der Waals surface area contributed by atoms with Gasteiger partial charge in [-0.05, 0) is 52.9 Å².